The summed E-state index contributed by atoms with van der Waals surface area (Å²) >= 11 is 6.59. The highest BCUT2D eigenvalue weighted by molar-refractivity contribution is 8.26. The maximum Gasteiger partial charge on any atom is 0.310 e. The molecule has 216 valence electrons. The molecule has 2 unspecified atom stereocenters. The van der Waals surface area contributed by atoms with E-state index >= 15 is 0 Å². The molecule has 0 saturated carbocycles. The lowest BCUT2D eigenvalue weighted by Crippen LogP contribution is -2.43. The maximum absolute atomic E-state index is 13.6. The minimum atomic E-state index is -3.23. The van der Waals surface area contributed by atoms with E-state index < -0.39 is 21.4 Å². The van der Waals surface area contributed by atoms with Crippen molar-refractivity contribution in [1.29, 1.82) is 5.26 Å². The molecule has 1 amide bonds. The normalized spacial score (nSPS) is 23.6. The van der Waals surface area contributed by atoms with Crippen LogP contribution < -0.4 is 10.5 Å². The van der Waals surface area contributed by atoms with Crippen molar-refractivity contribution in [1.82, 2.24) is 9.47 Å². The summed E-state index contributed by atoms with van der Waals surface area (Å²) in [5.74, 6) is -0.570. The predicted molar refractivity (Wildman–Crippen MR) is 159 cm³/mol. The molecule has 1 aromatic heterocycles. The fraction of sp³-hybridized carbons (Fsp3) is 0.593. The van der Waals surface area contributed by atoms with Gasteiger partial charge in [-0.1, -0.05) is 37.3 Å². The van der Waals surface area contributed by atoms with Gasteiger partial charge in [0.15, 0.2) is 9.84 Å². The molecule has 3 aliphatic rings. The second kappa shape index (κ2) is 12.4. The number of esters is 1. The smallest absolute Gasteiger partial charge is 0.310 e. The zero-order chi connectivity index (χ0) is 29.2. The molecule has 3 fully saturated rings. The zero-order valence-corrected chi connectivity index (χ0v) is 25.4. The van der Waals surface area contributed by atoms with Gasteiger partial charge in [-0.25, -0.2) is 8.42 Å². The monoisotopic (exact) mass is 606 g/mol. The standard InChI is InChI=1S/C27H34N4O6S3/c1-4-6-11-30-23(29-10-7-8-18(15-29)26(34)37-5-2)20(17(3)21(14-28)24(30)32)13-22-25(33)31(27(38)39-22)19-9-12-40(35,36)16-19/h13,18-19H,4-12,15-16H2,1-3H3. The molecule has 4 rings (SSSR count). The molecule has 1 aromatic rings. The van der Waals surface area contributed by atoms with Crippen molar-refractivity contribution in [2.75, 3.05) is 36.1 Å². The largest absolute Gasteiger partial charge is 0.466 e. The van der Waals surface area contributed by atoms with E-state index in [1.54, 1.807) is 24.5 Å². The Labute approximate surface area is 244 Å². The first-order chi connectivity index (χ1) is 19.0. The van der Waals surface area contributed by atoms with Crippen LogP contribution in [0.15, 0.2) is 9.70 Å². The Morgan fingerprint density at radius 2 is 2.02 bits per heavy atom. The Balaban J connectivity index is 1.84. The number of carbonyl (C=O) groups is 2. The van der Waals surface area contributed by atoms with E-state index in [9.17, 15) is 28.1 Å². The van der Waals surface area contributed by atoms with Crippen LogP contribution in [0.5, 0.6) is 0 Å². The number of anilines is 1. The van der Waals surface area contributed by atoms with Crippen LogP contribution in [0.4, 0.5) is 5.82 Å². The number of pyridine rings is 1. The summed E-state index contributed by atoms with van der Waals surface area (Å²) in [4.78, 5) is 43.4. The number of rotatable bonds is 8. The number of amides is 1. The molecule has 2 atom stereocenters. The molecule has 3 aliphatic heterocycles. The molecule has 3 saturated heterocycles. The Kier molecular flexibility index (Phi) is 9.42. The number of carbonyl (C=O) groups excluding carboxylic acids is 2. The number of hydrogen-bond donors (Lipinski definition) is 0. The van der Waals surface area contributed by atoms with E-state index in [4.69, 9.17) is 17.0 Å². The fourth-order valence-electron chi connectivity index (χ4n) is 5.54. The van der Waals surface area contributed by atoms with Gasteiger partial charge >= 0.3 is 5.97 Å². The van der Waals surface area contributed by atoms with Crippen molar-refractivity contribution in [2.24, 2.45) is 5.92 Å². The van der Waals surface area contributed by atoms with Crippen LogP contribution >= 0.6 is 24.0 Å². The van der Waals surface area contributed by atoms with Crippen molar-refractivity contribution in [2.45, 2.75) is 65.5 Å². The van der Waals surface area contributed by atoms with Crippen molar-refractivity contribution < 1.29 is 22.7 Å². The number of thiocarbonyl (C=S) groups is 1. The number of unbranched alkanes of at least 4 members (excludes halogenated alkanes) is 1. The summed E-state index contributed by atoms with van der Waals surface area (Å²) in [5, 5.41) is 9.92. The number of aromatic nitrogens is 1. The molecule has 0 bridgehead atoms. The zero-order valence-electron chi connectivity index (χ0n) is 23.0. The van der Waals surface area contributed by atoms with E-state index in [1.165, 1.54) is 4.90 Å². The van der Waals surface area contributed by atoms with Crippen LogP contribution in [-0.2, 0) is 30.7 Å². The summed E-state index contributed by atoms with van der Waals surface area (Å²) < 4.78 is 31.3. The lowest BCUT2D eigenvalue weighted by molar-refractivity contribution is -0.148. The summed E-state index contributed by atoms with van der Waals surface area (Å²) in [7, 11) is -3.23. The summed E-state index contributed by atoms with van der Waals surface area (Å²) in [6, 6.07) is 1.54. The average Bonchev–Trinajstić information content (AvgIpc) is 3.41. The second-order valence-corrected chi connectivity index (χ2v) is 14.2. The van der Waals surface area contributed by atoms with Crippen molar-refractivity contribution in [3.8, 4) is 6.07 Å². The lowest BCUT2D eigenvalue weighted by Gasteiger charge is -2.36. The quantitative estimate of drug-likeness (QED) is 0.247. The molecular formula is C27H34N4O6S3. The molecule has 13 heteroatoms. The van der Waals surface area contributed by atoms with E-state index in [1.807, 2.05) is 11.8 Å². The molecule has 10 nitrogen and oxygen atoms in total. The summed E-state index contributed by atoms with van der Waals surface area (Å²) in [6.45, 7) is 7.06. The molecule has 0 aromatic carbocycles. The van der Waals surface area contributed by atoms with Gasteiger partial charge in [-0.05, 0) is 51.2 Å². The van der Waals surface area contributed by atoms with Gasteiger partial charge in [0.2, 0.25) is 0 Å². The number of ether oxygens (including phenoxy) is 1. The average molecular weight is 607 g/mol. The third-order valence-corrected chi connectivity index (χ3v) is 10.7. The predicted octanol–water partition coefficient (Wildman–Crippen LogP) is 3.00. The third kappa shape index (κ3) is 5.99. The van der Waals surface area contributed by atoms with Gasteiger partial charge in [-0.2, -0.15) is 5.26 Å². The molecular weight excluding hydrogens is 573 g/mol. The van der Waals surface area contributed by atoms with Crippen LogP contribution in [0.3, 0.4) is 0 Å². The lowest BCUT2D eigenvalue weighted by atomic mass is 9.96. The number of piperidine rings is 1. The van der Waals surface area contributed by atoms with Crippen LogP contribution in [0.25, 0.3) is 6.08 Å². The van der Waals surface area contributed by atoms with Gasteiger partial charge < -0.3 is 9.64 Å². The molecule has 0 spiro atoms. The third-order valence-electron chi connectivity index (χ3n) is 7.60. The van der Waals surface area contributed by atoms with Gasteiger partial charge in [0, 0.05) is 25.2 Å². The first kappa shape index (κ1) is 30.3. The molecule has 0 radical (unpaired) electrons. The van der Waals surface area contributed by atoms with Gasteiger partial charge in [-0.15, -0.1) is 0 Å². The Morgan fingerprint density at radius 3 is 2.65 bits per heavy atom. The van der Waals surface area contributed by atoms with Crippen molar-refractivity contribution in [3.05, 3.63) is 31.9 Å². The van der Waals surface area contributed by atoms with E-state index in [-0.39, 0.29) is 45.8 Å². The molecule has 0 aliphatic carbocycles. The fourth-order valence-corrected chi connectivity index (χ4v) is 8.62. The summed E-state index contributed by atoms with van der Waals surface area (Å²) in [5.41, 5.74) is 0.600. The van der Waals surface area contributed by atoms with Crippen LogP contribution in [0, 0.1) is 24.2 Å². The minimum absolute atomic E-state index is 0.00224. The minimum Gasteiger partial charge on any atom is -0.466 e. The Morgan fingerprint density at radius 1 is 1.27 bits per heavy atom. The van der Waals surface area contributed by atoms with E-state index in [0.717, 1.165) is 18.2 Å². The molecule has 0 N–H and O–H groups in total. The SMILES string of the molecule is CCCCn1c(N2CCCC(C(=O)OCC)C2)c(C=C2SC(=S)N(C3CCS(=O)(=O)C3)C2=O)c(C)c(C#N)c1=O. The summed E-state index contributed by atoms with van der Waals surface area (Å²) in [6.07, 6.45) is 4.91. The van der Waals surface area contributed by atoms with Crippen LogP contribution in [0.2, 0.25) is 0 Å². The van der Waals surface area contributed by atoms with Gasteiger partial charge in [-0.3, -0.25) is 23.9 Å². The van der Waals surface area contributed by atoms with Crippen LogP contribution in [0.1, 0.15) is 62.6 Å². The number of thioether (sulfide) groups is 1. The van der Waals surface area contributed by atoms with E-state index in [0.29, 0.717) is 67.2 Å². The highest BCUT2D eigenvalue weighted by atomic mass is 32.2. The molecule has 40 heavy (non-hydrogen) atoms. The van der Waals surface area contributed by atoms with Crippen molar-refractivity contribution in [3.63, 3.8) is 0 Å². The number of nitriles is 1. The second-order valence-electron chi connectivity index (χ2n) is 10.3. The number of hydrogen-bond acceptors (Lipinski definition) is 10. The van der Waals surface area contributed by atoms with Crippen LogP contribution in [-0.4, -0.2) is 71.3 Å². The number of nitrogens with zero attached hydrogens (tertiary/aromatic N) is 4. The Bertz CT molecular complexity index is 1460. The first-order valence-electron chi connectivity index (χ1n) is 13.6. The van der Waals surface area contributed by atoms with Gasteiger partial charge in [0.25, 0.3) is 11.5 Å². The van der Waals surface area contributed by atoms with E-state index in [2.05, 4.69) is 6.07 Å². The maximum atomic E-state index is 13.6. The number of sulfone groups is 1. The highest BCUT2D eigenvalue weighted by Gasteiger charge is 2.42. The van der Waals surface area contributed by atoms with Crippen molar-refractivity contribution >= 4 is 61.9 Å². The topological polar surface area (TPSA) is 130 Å². The highest BCUT2D eigenvalue weighted by Crippen LogP contribution is 2.39. The van der Waals surface area contributed by atoms with Gasteiger partial charge in [0.1, 0.15) is 21.8 Å². The molecule has 4 heterocycles. The first-order valence-corrected chi connectivity index (χ1v) is 16.6. The Hall–Kier alpha value is -2.69. The van der Waals surface area contributed by atoms with Gasteiger partial charge in [0.05, 0.1) is 35.0 Å².